The average Bonchev–Trinajstić information content (AvgIpc) is 3.42. The first kappa shape index (κ1) is 34.3. The lowest BCUT2D eigenvalue weighted by atomic mass is 10.0. The van der Waals surface area contributed by atoms with Crippen LogP contribution in [0.2, 0.25) is 18.1 Å². The van der Waals surface area contributed by atoms with Crippen molar-refractivity contribution >= 4 is 36.5 Å². The minimum atomic E-state index is -2.05. The summed E-state index contributed by atoms with van der Waals surface area (Å²) in [5.74, 6) is 5.35. The molecule has 0 aliphatic rings. The number of nitrogen functional groups attached to an aromatic ring is 1. The van der Waals surface area contributed by atoms with Crippen LogP contribution in [0.25, 0.3) is 22.1 Å². The molecule has 11 heteroatoms. The van der Waals surface area contributed by atoms with Gasteiger partial charge in [-0.15, -0.1) is 5.10 Å². The Labute approximate surface area is 291 Å². The van der Waals surface area contributed by atoms with E-state index in [9.17, 15) is 9.59 Å². The molecule has 254 valence electrons. The molecule has 0 unspecified atom stereocenters. The van der Waals surface area contributed by atoms with Crippen molar-refractivity contribution < 1.29 is 13.6 Å². The molecule has 6 rings (SSSR count). The Balaban J connectivity index is 1.36. The van der Waals surface area contributed by atoms with Crippen LogP contribution in [0.1, 0.15) is 66.5 Å². The van der Waals surface area contributed by atoms with Crippen LogP contribution in [-0.2, 0) is 11.0 Å². The number of nitrogens with one attached hydrogen (secondary N) is 1. The van der Waals surface area contributed by atoms with Gasteiger partial charge in [-0.25, -0.2) is 13.9 Å². The van der Waals surface area contributed by atoms with Gasteiger partial charge in [0.05, 0.1) is 18.0 Å². The van der Waals surface area contributed by atoms with Crippen molar-refractivity contribution in [1.82, 2.24) is 24.5 Å². The Hall–Kier alpha value is -5.57. The van der Waals surface area contributed by atoms with Crippen LogP contribution in [0.5, 0.6) is 0 Å². The SMILES string of the molecule is C[C@H](NC(=O)c1c(N)nn2cccnc12)c1cc2cccc(C#Cc3ccc(CO[Si](C)(C)C(C)(C)C)c(F)c3)c2c(=O)n1-c1ccccc1. The maximum absolute atomic E-state index is 15.2. The lowest BCUT2D eigenvalue weighted by Gasteiger charge is -2.36. The molecular weight excluding hydrogens is 648 g/mol. The zero-order valence-corrected chi connectivity index (χ0v) is 29.9. The van der Waals surface area contributed by atoms with Crippen molar-refractivity contribution in [3.8, 4) is 17.5 Å². The summed E-state index contributed by atoms with van der Waals surface area (Å²) in [5.41, 5.74) is 8.90. The monoisotopic (exact) mass is 686 g/mol. The van der Waals surface area contributed by atoms with E-state index in [4.69, 9.17) is 10.2 Å². The van der Waals surface area contributed by atoms with Gasteiger partial charge >= 0.3 is 0 Å². The van der Waals surface area contributed by atoms with E-state index in [2.05, 4.69) is 61.1 Å². The number of fused-ring (bicyclic) bond motifs is 2. The number of pyridine rings is 1. The van der Waals surface area contributed by atoms with Gasteiger partial charge in [0.15, 0.2) is 19.8 Å². The van der Waals surface area contributed by atoms with Crippen molar-refractivity contribution in [2.45, 2.75) is 58.5 Å². The smallest absolute Gasteiger partial charge is 0.264 e. The standard InChI is InChI=1S/C39H39FN6O3Si/c1-25(43-37(47)34-35(41)44-45-21-11-20-42-36(34)45)32-23-28-13-10-12-27(33(28)38(48)46(32)30-14-8-7-9-15-30)18-16-26-17-19-29(31(40)22-26)24-49-50(5,6)39(2,3)4/h7-15,17,19-23,25H,24H2,1-6H3,(H2,41,44)(H,43,47)/t25-/m0/s1. The summed E-state index contributed by atoms with van der Waals surface area (Å²) in [5, 5.41) is 8.25. The number of hydrogen-bond donors (Lipinski definition) is 2. The first-order chi connectivity index (χ1) is 23.7. The van der Waals surface area contributed by atoms with Gasteiger partial charge < -0.3 is 15.5 Å². The fourth-order valence-electron chi connectivity index (χ4n) is 5.47. The average molecular weight is 687 g/mol. The van der Waals surface area contributed by atoms with Crippen LogP contribution in [0.3, 0.4) is 0 Å². The van der Waals surface area contributed by atoms with Crippen molar-refractivity contribution in [3.63, 3.8) is 0 Å². The van der Waals surface area contributed by atoms with Gasteiger partial charge in [0, 0.05) is 40.5 Å². The minimum Gasteiger partial charge on any atom is -0.412 e. The molecule has 0 aliphatic carbocycles. The first-order valence-corrected chi connectivity index (χ1v) is 19.2. The van der Waals surface area contributed by atoms with Gasteiger partial charge in [-0.05, 0) is 72.9 Å². The Morgan fingerprint density at radius 3 is 2.52 bits per heavy atom. The van der Waals surface area contributed by atoms with Crippen LogP contribution in [-0.4, -0.2) is 33.4 Å². The van der Waals surface area contributed by atoms with E-state index in [0.29, 0.717) is 44.5 Å². The number of halogens is 1. The molecule has 3 aromatic carbocycles. The summed E-state index contributed by atoms with van der Waals surface area (Å²) in [6.07, 6.45) is 3.22. The third-order valence-corrected chi connectivity index (χ3v) is 13.8. The van der Waals surface area contributed by atoms with E-state index in [1.165, 1.54) is 10.6 Å². The molecular formula is C39H39FN6O3Si. The maximum atomic E-state index is 15.2. The van der Waals surface area contributed by atoms with Crippen LogP contribution in [0.4, 0.5) is 10.2 Å². The molecule has 3 aromatic heterocycles. The molecule has 0 fully saturated rings. The Bertz CT molecular complexity index is 2370. The zero-order valence-electron chi connectivity index (χ0n) is 28.9. The molecule has 6 aromatic rings. The van der Waals surface area contributed by atoms with Crippen LogP contribution < -0.4 is 16.6 Å². The van der Waals surface area contributed by atoms with Gasteiger partial charge in [-0.2, -0.15) is 0 Å². The fourth-order valence-corrected chi connectivity index (χ4v) is 6.42. The third-order valence-electron chi connectivity index (χ3n) is 9.32. The lowest BCUT2D eigenvalue weighted by molar-refractivity contribution is 0.0941. The Kier molecular flexibility index (Phi) is 9.18. The van der Waals surface area contributed by atoms with Gasteiger partial charge in [0.1, 0.15) is 11.4 Å². The Morgan fingerprint density at radius 2 is 1.80 bits per heavy atom. The molecule has 1 atom stereocenters. The minimum absolute atomic E-state index is 0.0153. The second-order valence-corrected chi connectivity index (χ2v) is 18.6. The number of amides is 1. The topological polar surface area (TPSA) is 117 Å². The van der Waals surface area contributed by atoms with Gasteiger partial charge in [-0.1, -0.05) is 69.0 Å². The fraction of sp³-hybridized carbons (Fsp3) is 0.231. The number of carbonyl (C=O) groups excluding carboxylic acids is 1. The number of benzene rings is 3. The van der Waals surface area contributed by atoms with Crippen molar-refractivity contribution in [3.05, 3.63) is 135 Å². The second-order valence-electron chi connectivity index (χ2n) is 13.8. The van der Waals surface area contributed by atoms with E-state index in [1.54, 1.807) is 48.1 Å². The molecule has 3 heterocycles. The van der Waals surface area contributed by atoms with Crippen molar-refractivity contribution in [2.24, 2.45) is 0 Å². The number of nitrogens with two attached hydrogens (primary N) is 1. The van der Waals surface area contributed by atoms with Gasteiger partial charge in [0.25, 0.3) is 11.5 Å². The zero-order chi connectivity index (χ0) is 35.8. The molecule has 0 spiro atoms. The van der Waals surface area contributed by atoms with Gasteiger partial charge in [0.2, 0.25) is 0 Å². The number of rotatable bonds is 7. The number of nitrogens with zero attached hydrogens (tertiary/aromatic N) is 4. The summed E-state index contributed by atoms with van der Waals surface area (Å²) in [6.45, 7) is 12.7. The molecule has 50 heavy (non-hydrogen) atoms. The number of anilines is 1. The highest BCUT2D eigenvalue weighted by atomic mass is 28.4. The number of hydrogen-bond acceptors (Lipinski definition) is 6. The van der Waals surface area contributed by atoms with Crippen LogP contribution >= 0.6 is 0 Å². The normalized spacial score (nSPS) is 12.5. The summed E-state index contributed by atoms with van der Waals surface area (Å²) >= 11 is 0. The largest absolute Gasteiger partial charge is 0.412 e. The van der Waals surface area contributed by atoms with Crippen molar-refractivity contribution in [2.75, 3.05) is 5.73 Å². The quantitative estimate of drug-likeness (QED) is 0.136. The summed E-state index contributed by atoms with van der Waals surface area (Å²) in [7, 11) is -2.05. The predicted molar refractivity (Wildman–Crippen MR) is 197 cm³/mol. The maximum Gasteiger partial charge on any atom is 0.264 e. The molecule has 0 aliphatic heterocycles. The van der Waals surface area contributed by atoms with Crippen LogP contribution in [0.15, 0.2) is 96.1 Å². The summed E-state index contributed by atoms with van der Waals surface area (Å²) in [6, 6.07) is 22.4. The second kappa shape index (κ2) is 13.4. The molecule has 9 nitrogen and oxygen atoms in total. The predicted octanol–water partition coefficient (Wildman–Crippen LogP) is 7.17. The molecule has 0 saturated heterocycles. The number of carbonyl (C=O) groups is 1. The van der Waals surface area contributed by atoms with E-state index in [1.807, 2.05) is 48.5 Å². The van der Waals surface area contributed by atoms with Gasteiger partial charge in [-0.3, -0.25) is 14.2 Å². The summed E-state index contributed by atoms with van der Waals surface area (Å²) in [4.78, 5) is 32.2. The van der Waals surface area contributed by atoms with E-state index >= 15 is 4.39 Å². The highest BCUT2D eigenvalue weighted by Gasteiger charge is 2.37. The van der Waals surface area contributed by atoms with Crippen LogP contribution in [0, 0.1) is 17.7 Å². The highest BCUT2D eigenvalue weighted by Crippen LogP contribution is 2.37. The lowest BCUT2D eigenvalue weighted by Crippen LogP contribution is -2.40. The number of para-hydroxylation sites is 1. The summed E-state index contributed by atoms with van der Waals surface area (Å²) < 4.78 is 24.4. The molecule has 0 saturated carbocycles. The molecule has 0 bridgehead atoms. The first-order valence-electron chi connectivity index (χ1n) is 16.3. The van der Waals surface area contributed by atoms with E-state index < -0.39 is 20.3 Å². The molecule has 1 amide bonds. The van der Waals surface area contributed by atoms with E-state index in [0.717, 1.165) is 0 Å². The van der Waals surface area contributed by atoms with Crippen molar-refractivity contribution in [1.29, 1.82) is 0 Å². The third kappa shape index (κ3) is 6.68. The van der Waals surface area contributed by atoms with E-state index in [-0.39, 0.29) is 34.4 Å². The Morgan fingerprint density at radius 1 is 1.04 bits per heavy atom. The molecule has 3 N–H and O–H groups in total. The number of aromatic nitrogens is 4. The highest BCUT2D eigenvalue weighted by molar-refractivity contribution is 6.74. The molecule has 0 radical (unpaired) electrons.